The van der Waals surface area contributed by atoms with Gasteiger partial charge in [0.1, 0.15) is 6.04 Å². The topological polar surface area (TPSA) is 87.1 Å². The van der Waals surface area contributed by atoms with E-state index in [4.69, 9.17) is 16.3 Å². The maximum atomic E-state index is 14.5. The SMILES string of the molecule is C=CCCOC(=O)[C@H]1[C@H]2C(=O)N([C@H](C)CO)C(C(=O)N(CC=C)c3c(C)cccc3Cl)C23CC[C@]1(C)S3. The molecule has 4 rings (SSSR count). The summed E-state index contributed by atoms with van der Waals surface area (Å²) in [5.41, 5.74) is 1.39. The molecule has 2 bridgehead atoms. The van der Waals surface area contributed by atoms with Crippen LogP contribution < -0.4 is 4.90 Å². The molecule has 3 aliphatic rings. The normalized spacial score (nSPS) is 30.7. The van der Waals surface area contributed by atoms with Crippen molar-refractivity contribution in [3.8, 4) is 0 Å². The molecule has 2 amide bonds. The average Bonchev–Trinajstić information content (AvgIpc) is 3.43. The number of likely N-dealkylation sites (tertiary alicyclic amines) is 1. The van der Waals surface area contributed by atoms with Crippen molar-refractivity contribution in [2.75, 3.05) is 24.7 Å². The third-order valence-electron chi connectivity index (χ3n) is 8.04. The molecule has 3 saturated heterocycles. The van der Waals surface area contributed by atoms with Crippen LogP contribution in [0.1, 0.15) is 38.7 Å². The number of ether oxygens (including phenoxy) is 1. The first-order valence-corrected chi connectivity index (χ1v) is 13.9. The summed E-state index contributed by atoms with van der Waals surface area (Å²) in [7, 11) is 0. The minimum Gasteiger partial charge on any atom is -0.465 e. The summed E-state index contributed by atoms with van der Waals surface area (Å²) in [6, 6.07) is 3.95. The van der Waals surface area contributed by atoms with E-state index in [0.717, 1.165) is 5.56 Å². The second-order valence-electron chi connectivity index (χ2n) is 10.4. The molecule has 0 radical (unpaired) electrons. The second-order valence-corrected chi connectivity index (χ2v) is 12.7. The fourth-order valence-corrected chi connectivity index (χ4v) is 9.08. The Morgan fingerprint density at radius 1 is 1.35 bits per heavy atom. The average molecular weight is 547 g/mol. The summed E-state index contributed by atoms with van der Waals surface area (Å²) in [6.45, 7) is 13.2. The number of aliphatic hydroxyl groups is 1. The van der Waals surface area contributed by atoms with E-state index in [1.54, 1.807) is 41.8 Å². The Balaban J connectivity index is 1.81. The Hall–Kier alpha value is -2.29. The summed E-state index contributed by atoms with van der Waals surface area (Å²) < 4.78 is 4.23. The lowest BCUT2D eigenvalue weighted by molar-refractivity contribution is -0.155. The standard InChI is InChI=1S/C28H35ClN2O5S/c1-6-8-15-36-26(35)21-20-24(33)31(18(4)16-32)23(28(20)13-12-27(21,5)37-28)25(34)30(14-7-2)22-17(3)10-9-11-19(22)29/h6-7,9-11,18,20-21,23,32H,1-2,8,12-16H2,3-5H3/t18-,20+,21-,23?,27+,28?/m1/s1. The molecule has 0 aromatic heterocycles. The first-order valence-electron chi connectivity index (χ1n) is 12.7. The van der Waals surface area contributed by atoms with Gasteiger partial charge in [0.2, 0.25) is 5.91 Å². The highest BCUT2D eigenvalue weighted by Crippen LogP contribution is 2.71. The van der Waals surface area contributed by atoms with Crippen LogP contribution in [0.5, 0.6) is 0 Å². The van der Waals surface area contributed by atoms with Crippen LogP contribution in [0.15, 0.2) is 43.5 Å². The summed E-state index contributed by atoms with van der Waals surface area (Å²) in [5.74, 6) is -2.37. The van der Waals surface area contributed by atoms with Gasteiger partial charge in [-0.05, 0) is 51.7 Å². The number of hydrogen-bond acceptors (Lipinski definition) is 6. The first kappa shape index (κ1) is 27.7. The minimum atomic E-state index is -0.874. The van der Waals surface area contributed by atoms with E-state index >= 15 is 0 Å². The number of amides is 2. The Labute approximate surface area is 227 Å². The van der Waals surface area contributed by atoms with Crippen molar-refractivity contribution in [1.29, 1.82) is 0 Å². The van der Waals surface area contributed by atoms with Crippen LogP contribution in [-0.2, 0) is 19.1 Å². The number of aryl methyl sites for hydroxylation is 1. The van der Waals surface area contributed by atoms with Crippen LogP contribution >= 0.6 is 23.4 Å². The molecule has 9 heteroatoms. The molecular formula is C28H35ClN2O5S. The van der Waals surface area contributed by atoms with E-state index in [1.165, 1.54) is 4.90 Å². The van der Waals surface area contributed by atoms with Gasteiger partial charge in [0.15, 0.2) is 0 Å². The first-order chi connectivity index (χ1) is 17.6. The highest BCUT2D eigenvalue weighted by Gasteiger charge is 2.78. The van der Waals surface area contributed by atoms with Gasteiger partial charge in [-0.25, -0.2) is 0 Å². The van der Waals surface area contributed by atoms with Gasteiger partial charge < -0.3 is 19.6 Å². The molecule has 37 heavy (non-hydrogen) atoms. The second kappa shape index (κ2) is 10.5. The summed E-state index contributed by atoms with van der Waals surface area (Å²) in [4.78, 5) is 45.1. The Bertz CT molecular complexity index is 1110. The van der Waals surface area contributed by atoms with Crippen LogP contribution in [-0.4, -0.2) is 69.1 Å². The van der Waals surface area contributed by atoms with Gasteiger partial charge in [0.25, 0.3) is 5.91 Å². The molecule has 1 aromatic carbocycles. The summed E-state index contributed by atoms with van der Waals surface area (Å²) >= 11 is 8.15. The number of thioether (sulfide) groups is 1. The van der Waals surface area contributed by atoms with Crippen LogP contribution in [0, 0.1) is 18.8 Å². The van der Waals surface area contributed by atoms with Gasteiger partial charge in [-0.15, -0.1) is 24.9 Å². The number of fused-ring (bicyclic) bond motifs is 1. The van der Waals surface area contributed by atoms with Crippen LogP contribution in [0.4, 0.5) is 5.69 Å². The quantitative estimate of drug-likeness (QED) is 0.269. The molecule has 1 spiro atoms. The minimum absolute atomic E-state index is 0.200. The Kier molecular flexibility index (Phi) is 7.84. The zero-order valence-electron chi connectivity index (χ0n) is 21.6. The number of hydrogen-bond donors (Lipinski definition) is 1. The molecule has 0 aliphatic carbocycles. The number of carbonyl (C=O) groups excluding carboxylic acids is 3. The molecule has 2 unspecified atom stereocenters. The fraction of sp³-hybridized carbons (Fsp3) is 0.536. The van der Waals surface area contributed by atoms with Crippen molar-refractivity contribution in [2.45, 2.75) is 61.6 Å². The number of anilines is 1. The van der Waals surface area contributed by atoms with Crippen LogP contribution in [0.25, 0.3) is 0 Å². The molecular weight excluding hydrogens is 512 g/mol. The zero-order valence-corrected chi connectivity index (χ0v) is 23.2. The molecule has 1 aromatic rings. The van der Waals surface area contributed by atoms with E-state index in [1.807, 2.05) is 26.0 Å². The molecule has 0 saturated carbocycles. The number of halogens is 1. The van der Waals surface area contributed by atoms with Crippen molar-refractivity contribution in [1.82, 2.24) is 4.90 Å². The van der Waals surface area contributed by atoms with E-state index in [0.29, 0.717) is 30.0 Å². The summed E-state index contributed by atoms with van der Waals surface area (Å²) in [5, 5.41) is 10.5. The van der Waals surface area contributed by atoms with E-state index < -0.39 is 39.4 Å². The van der Waals surface area contributed by atoms with Crippen molar-refractivity contribution in [3.05, 3.63) is 54.1 Å². The molecule has 6 atom stereocenters. The Morgan fingerprint density at radius 3 is 2.70 bits per heavy atom. The van der Waals surface area contributed by atoms with Crippen molar-refractivity contribution in [3.63, 3.8) is 0 Å². The third kappa shape index (κ3) is 4.31. The van der Waals surface area contributed by atoms with Gasteiger partial charge in [-0.1, -0.05) is 35.9 Å². The number of esters is 1. The van der Waals surface area contributed by atoms with Gasteiger partial charge in [0.05, 0.1) is 46.5 Å². The van der Waals surface area contributed by atoms with E-state index in [2.05, 4.69) is 13.2 Å². The number of rotatable bonds is 10. The lowest BCUT2D eigenvalue weighted by Gasteiger charge is -2.39. The molecule has 200 valence electrons. The van der Waals surface area contributed by atoms with Gasteiger partial charge >= 0.3 is 5.97 Å². The molecule has 1 N–H and O–H groups in total. The molecule has 3 aliphatic heterocycles. The Morgan fingerprint density at radius 2 is 2.08 bits per heavy atom. The van der Waals surface area contributed by atoms with Crippen molar-refractivity contribution >= 4 is 46.8 Å². The van der Waals surface area contributed by atoms with Crippen molar-refractivity contribution < 1.29 is 24.2 Å². The lowest BCUT2D eigenvalue weighted by Crippen LogP contribution is -2.57. The number of aliphatic hydroxyl groups excluding tert-OH is 1. The molecule has 3 heterocycles. The smallest absolute Gasteiger partial charge is 0.311 e. The highest BCUT2D eigenvalue weighted by molar-refractivity contribution is 8.02. The van der Waals surface area contributed by atoms with Crippen molar-refractivity contribution in [2.24, 2.45) is 11.8 Å². The lowest BCUT2D eigenvalue weighted by atomic mass is 9.66. The van der Waals surface area contributed by atoms with E-state index in [-0.39, 0.29) is 31.6 Å². The maximum absolute atomic E-state index is 14.5. The van der Waals surface area contributed by atoms with Gasteiger partial charge in [-0.3, -0.25) is 14.4 Å². The monoisotopic (exact) mass is 546 g/mol. The predicted molar refractivity (Wildman–Crippen MR) is 147 cm³/mol. The number of para-hydroxylation sites is 1. The fourth-order valence-electron chi connectivity index (χ4n) is 6.43. The van der Waals surface area contributed by atoms with Crippen LogP contribution in [0.3, 0.4) is 0 Å². The predicted octanol–water partition coefficient (Wildman–Crippen LogP) is 4.15. The molecule has 7 nitrogen and oxygen atoms in total. The summed E-state index contributed by atoms with van der Waals surface area (Å²) in [6.07, 6.45) is 5.12. The number of carbonyl (C=O) groups is 3. The highest BCUT2D eigenvalue weighted by atomic mass is 35.5. The third-order valence-corrected chi connectivity index (χ3v) is 10.3. The van der Waals surface area contributed by atoms with Crippen LogP contribution in [0.2, 0.25) is 5.02 Å². The molecule has 3 fully saturated rings. The number of nitrogens with zero attached hydrogens (tertiary/aromatic N) is 2. The van der Waals surface area contributed by atoms with Gasteiger partial charge in [-0.2, -0.15) is 0 Å². The largest absolute Gasteiger partial charge is 0.465 e. The van der Waals surface area contributed by atoms with E-state index in [9.17, 15) is 19.5 Å². The van der Waals surface area contributed by atoms with Gasteiger partial charge in [0, 0.05) is 11.3 Å². The number of benzene rings is 1. The maximum Gasteiger partial charge on any atom is 0.311 e. The zero-order chi connectivity index (χ0) is 27.1.